The van der Waals surface area contributed by atoms with Crippen molar-refractivity contribution in [2.75, 3.05) is 26.3 Å². The average Bonchev–Trinajstić information content (AvgIpc) is 2.98. The monoisotopic (exact) mass is 298 g/mol. The lowest BCUT2D eigenvalue weighted by molar-refractivity contribution is -0.148. The third-order valence-electron chi connectivity index (χ3n) is 3.96. The number of hydrogen-bond acceptors (Lipinski definition) is 4. The fourth-order valence-corrected chi connectivity index (χ4v) is 2.79. The van der Waals surface area contributed by atoms with Crippen molar-refractivity contribution >= 4 is 17.8 Å². The van der Waals surface area contributed by atoms with Crippen LogP contribution < -0.4 is 5.32 Å². The number of carbonyl (C=O) groups excluding carboxylic acids is 2. The Balaban J connectivity index is 1.98. The molecule has 7 nitrogen and oxygen atoms in total. The highest BCUT2D eigenvalue weighted by molar-refractivity contribution is 5.93. The van der Waals surface area contributed by atoms with Crippen LogP contribution in [0.15, 0.2) is 0 Å². The third-order valence-corrected chi connectivity index (χ3v) is 3.96. The van der Waals surface area contributed by atoms with Crippen LogP contribution in [0.1, 0.15) is 26.7 Å². The summed E-state index contributed by atoms with van der Waals surface area (Å²) in [4.78, 5) is 37.2. The standard InChI is InChI=1S/C14H22N2O5/c1-9(2)6-16-7-10(5-11(16)17)12(18)15-14(13(19)20)3-4-21-8-14/h9-10H,3-8H2,1-2H3,(H,15,18)(H,19,20). The minimum absolute atomic E-state index is 0.0234. The highest BCUT2D eigenvalue weighted by Gasteiger charge is 2.46. The lowest BCUT2D eigenvalue weighted by Crippen LogP contribution is -2.56. The molecule has 0 spiro atoms. The molecule has 0 aromatic heterocycles. The minimum atomic E-state index is -1.34. The van der Waals surface area contributed by atoms with Crippen LogP contribution in [0.5, 0.6) is 0 Å². The van der Waals surface area contributed by atoms with Crippen molar-refractivity contribution in [3.05, 3.63) is 0 Å². The van der Waals surface area contributed by atoms with Gasteiger partial charge in [0.05, 0.1) is 12.5 Å². The van der Waals surface area contributed by atoms with E-state index in [1.807, 2.05) is 13.8 Å². The van der Waals surface area contributed by atoms with Gasteiger partial charge in [0.25, 0.3) is 0 Å². The van der Waals surface area contributed by atoms with Gasteiger partial charge in [-0.25, -0.2) is 4.79 Å². The number of carbonyl (C=O) groups is 3. The zero-order valence-corrected chi connectivity index (χ0v) is 12.4. The number of amides is 2. The molecule has 0 radical (unpaired) electrons. The summed E-state index contributed by atoms with van der Waals surface area (Å²) in [6, 6.07) is 0. The molecule has 0 bridgehead atoms. The highest BCUT2D eigenvalue weighted by Crippen LogP contribution is 2.23. The summed E-state index contributed by atoms with van der Waals surface area (Å²) in [7, 11) is 0. The van der Waals surface area contributed by atoms with E-state index >= 15 is 0 Å². The van der Waals surface area contributed by atoms with E-state index in [2.05, 4.69) is 5.32 Å². The SMILES string of the molecule is CC(C)CN1CC(C(=O)NC2(C(=O)O)CCOC2)CC1=O. The van der Waals surface area contributed by atoms with Crippen LogP contribution in [0, 0.1) is 11.8 Å². The predicted molar refractivity (Wildman–Crippen MR) is 73.5 cm³/mol. The summed E-state index contributed by atoms with van der Waals surface area (Å²) in [6.45, 7) is 5.29. The van der Waals surface area contributed by atoms with Gasteiger partial charge in [-0.15, -0.1) is 0 Å². The lowest BCUT2D eigenvalue weighted by atomic mass is 9.97. The smallest absolute Gasteiger partial charge is 0.331 e. The van der Waals surface area contributed by atoms with E-state index in [1.54, 1.807) is 4.90 Å². The molecule has 118 valence electrons. The maximum Gasteiger partial charge on any atom is 0.331 e. The molecule has 0 aromatic carbocycles. The summed E-state index contributed by atoms with van der Waals surface area (Å²) in [6.07, 6.45) is 0.402. The number of nitrogens with one attached hydrogen (secondary N) is 1. The van der Waals surface area contributed by atoms with Crippen LogP contribution in [0.4, 0.5) is 0 Å². The fraction of sp³-hybridized carbons (Fsp3) is 0.786. The normalized spacial score (nSPS) is 29.2. The first-order valence-electron chi connectivity index (χ1n) is 7.25. The molecule has 0 saturated carbocycles. The molecule has 2 aliphatic heterocycles. The van der Waals surface area contributed by atoms with Crippen LogP contribution in [0.3, 0.4) is 0 Å². The fourth-order valence-electron chi connectivity index (χ4n) is 2.79. The molecular formula is C14H22N2O5. The molecule has 2 atom stereocenters. The maximum atomic E-state index is 12.3. The zero-order chi connectivity index (χ0) is 15.6. The van der Waals surface area contributed by atoms with Crippen molar-refractivity contribution in [1.29, 1.82) is 0 Å². The summed E-state index contributed by atoms with van der Waals surface area (Å²) >= 11 is 0. The number of carboxylic acid groups (broad SMARTS) is 1. The van der Waals surface area contributed by atoms with Gasteiger partial charge in [-0.2, -0.15) is 0 Å². The van der Waals surface area contributed by atoms with Gasteiger partial charge in [0.1, 0.15) is 0 Å². The number of rotatable bonds is 5. The van der Waals surface area contributed by atoms with Gasteiger partial charge in [-0.3, -0.25) is 9.59 Å². The van der Waals surface area contributed by atoms with Crippen LogP contribution >= 0.6 is 0 Å². The Kier molecular flexibility index (Phi) is 4.51. The van der Waals surface area contributed by atoms with E-state index in [9.17, 15) is 19.5 Å². The second kappa shape index (κ2) is 6.01. The molecule has 2 N–H and O–H groups in total. The van der Waals surface area contributed by atoms with Crippen LogP contribution in [-0.2, 0) is 19.1 Å². The van der Waals surface area contributed by atoms with Crippen LogP contribution in [0.2, 0.25) is 0 Å². The van der Waals surface area contributed by atoms with Crippen molar-refractivity contribution in [2.24, 2.45) is 11.8 Å². The van der Waals surface area contributed by atoms with E-state index in [-0.39, 0.29) is 31.3 Å². The van der Waals surface area contributed by atoms with E-state index in [1.165, 1.54) is 0 Å². The quantitative estimate of drug-likeness (QED) is 0.736. The minimum Gasteiger partial charge on any atom is -0.479 e. The third kappa shape index (κ3) is 3.34. The predicted octanol–water partition coefficient (Wildman–Crippen LogP) is -0.149. The van der Waals surface area contributed by atoms with Gasteiger partial charge in [-0.05, 0) is 5.92 Å². The number of hydrogen-bond donors (Lipinski definition) is 2. The summed E-state index contributed by atoms with van der Waals surface area (Å²) < 4.78 is 5.11. The molecule has 2 unspecified atom stereocenters. The zero-order valence-electron chi connectivity index (χ0n) is 12.4. The Morgan fingerprint density at radius 3 is 2.76 bits per heavy atom. The van der Waals surface area contributed by atoms with Gasteiger partial charge in [0.2, 0.25) is 11.8 Å². The second-order valence-corrected chi connectivity index (χ2v) is 6.27. The molecule has 2 saturated heterocycles. The first kappa shape index (κ1) is 15.8. The van der Waals surface area contributed by atoms with E-state index in [4.69, 9.17) is 4.74 Å². The molecule has 2 aliphatic rings. The Morgan fingerprint density at radius 2 is 2.24 bits per heavy atom. The number of aliphatic carboxylic acids is 1. The molecule has 0 aliphatic carbocycles. The molecule has 2 amide bonds. The van der Waals surface area contributed by atoms with Gasteiger partial charge in [-0.1, -0.05) is 13.8 Å². The Labute approximate surface area is 123 Å². The Hall–Kier alpha value is -1.63. The highest BCUT2D eigenvalue weighted by atomic mass is 16.5. The lowest BCUT2D eigenvalue weighted by Gasteiger charge is -2.25. The molecule has 2 rings (SSSR count). The van der Waals surface area contributed by atoms with Gasteiger partial charge in [0.15, 0.2) is 5.54 Å². The summed E-state index contributed by atoms with van der Waals surface area (Å²) in [5, 5.41) is 11.9. The van der Waals surface area contributed by atoms with Crippen molar-refractivity contribution < 1.29 is 24.2 Å². The number of ether oxygens (including phenoxy) is 1. The van der Waals surface area contributed by atoms with E-state index in [0.29, 0.717) is 25.6 Å². The van der Waals surface area contributed by atoms with Crippen LogP contribution in [-0.4, -0.2) is 59.6 Å². The first-order valence-corrected chi connectivity index (χ1v) is 7.25. The Morgan fingerprint density at radius 1 is 1.52 bits per heavy atom. The average molecular weight is 298 g/mol. The summed E-state index contributed by atoms with van der Waals surface area (Å²) in [5.41, 5.74) is -1.34. The molecule has 7 heteroatoms. The van der Waals surface area contributed by atoms with Crippen molar-refractivity contribution in [2.45, 2.75) is 32.2 Å². The molecule has 21 heavy (non-hydrogen) atoms. The number of carboxylic acids is 1. The van der Waals surface area contributed by atoms with Crippen molar-refractivity contribution in [3.8, 4) is 0 Å². The van der Waals surface area contributed by atoms with E-state index in [0.717, 1.165) is 0 Å². The molecule has 2 heterocycles. The van der Waals surface area contributed by atoms with Crippen molar-refractivity contribution in [3.63, 3.8) is 0 Å². The number of nitrogens with zero attached hydrogens (tertiary/aromatic N) is 1. The molecule has 0 aromatic rings. The van der Waals surface area contributed by atoms with E-state index < -0.39 is 17.4 Å². The topological polar surface area (TPSA) is 95.9 Å². The maximum absolute atomic E-state index is 12.3. The second-order valence-electron chi connectivity index (χ2n) is 6.27. The largest absolute Gasteiger partial charge is 0.479 e. The van der Waals surface area contributed by atoms with Gasteiger partial charge < -0.3 is 20.1 Å². The summed E-state index contributed by atoms with van der Waals surface area (Å²) in [5.74, 6) is -1.65. The van der Waals surface area contributed by atoms with Crippen LogP contribution in [0.25, 0.3) is 0 Å². The molecular weight excluding hydrogens is 276 g/mol. The van der Waals surface area contributed by atoms with Gasteiger partial charge >= 0.3 is 5.97 Å². The molecule has 2 fully saturated rings. The van der Waals surface area contributed by atoms with Gasteiger partial charge in [0, 0.05) is 32.5 Å². The Bertz CT molecular complexity index is 443. The first-order chi connectivity index (χ1) is 9.84. The number of likely N-dealkylation sites (tertiary alicyclic amines) is 1. The van der Waals surface area contributed by atoms with Crippen molar-refractivity contribution in [1.82, 2.24) is 10.2 Å².